The van der Waals surface area contributed by atoms with Crippen molar-refractivity contribution in [1.29, 1.82) is 0 Å². The van der Waals surface area contributed by atoms with Gasteiger partial charge in [0.05, 0.1) is 18.3 Å². The van der Waals surface area contributed by atoms with Gasteiger partial charge >= 0.3 is 0 Å². The molecule has 0 spiro atoms. The van der Waals surface area contributed by atoms with E-state index < -0.39 is 5.60 Å². The number of hydrogen-bond acceptors (Lipinski definition) is 5. The first-order valence-electron chi connectivity index (χ1n) is 8.18. The van der Waals surface area contributed by atoms with Crippen molar-refractivity contribution in [3.8, 4) is 0 Å². The Morgan fingerprint density at radius 3 is 2.83 bits per heavy atom. The van der Waals surface area contributed by atoms with E-state index in [0.29, 0.717) is 18.7 Å². The summed E-state index contributed by atoms with van der Waals surface area (Å²) < 4.78 is 1.68. The zero-order chi connectivity index (χ0) is 17.0. The normalized spacial score (nSPS) is 21.6. The molecule has 1 amide bonds. The number of hydrogen-bond donors (Lipinski definition) is 2. The lowest BCUT2D eigenvalue weighted by atomic mass is 9.92. The fourth-order valence-electron chi connectivity index (χ4n) is 3.25. The Bertz CT molecular complexity index is 671. The van der Waals surface area contributed by atoms with Crippen LogP contribution in [0.2, 0.25) is 0 Å². The zero-order valence-corrected chi connectivity index (χ0v) is 13.9. The van der Waals surface area contributed by atoms with Crippen LogP contribution in [-0.2, 0) is 13.1 Å². The number of β-amino-alcohol motifs (C(OH)–C–C–N with tert-alkyl or cyclic N) is 1. The number of rotatable bonds is 5. The molecule has 2 N–H and O–H groups in total. The van der Waals surface area contributed by atoms with Crippen molar-refractivity contribution in [2.24, 2.45) is 0 Å². The number of carbonyl (C=O) groups excluding carboxylic acids is 1. The lowest BCUT2D eigenvalue weighted by molar-refractivity contribution is -0.0478. The second-order valence-corrected chi connectivity index (χ2v) is 6.42. The molecular formula is C17H23N5O2. The summed E-state index contributed by atoms with van der Waals surface area (Å²) in [4.78, 5) is 13.8. The highest BCUT2D eigenvalue weighted by Crippen LogP contribution is 2.24. The minimum absolute atomic E-state index is 0.0817. The van der Waals surface area contributed by atoms with Crippen molar-refractivity contribution in [2.45, 2.75) is 31.5 Å². The topological polar surface area (TPSA) is 83.3 Å². The molecule has 2 heterocycles. The van der Waals surface area contributed by atoms with Gasteiger partial charge in [-0.25, -0.2) is 4.68 Å². The van der Waals surface area contributed by atoms with Gasteiger partial charge in [0, 0.05) is 31.9 Å². The molecule has 1 aliphatic rings. The second-order valence-electron chi connectivity index (χ2n) is 6.42. The van der Waals surface area contributed by atoms with E-state index in [2.05, 4.69) is 20.5 Å². The maximum Gasteiger partial charge on any atom is 0.251 e. The van der Waals surface area contributed by atoms with Crippen LogP contribution in [0.3, 0.4) is 0 Å². The van der Waals surface area contributed by atoms with Gasteiger partial charge in [-0.15, -0.1) is 5.10 Å². The third-order valence-corrected chi connectivity index (χ3v) is 4.41. The van der Waals surface area contributed by atoms with Gasteiger partial charge in [-0.05, 0) is 37.1 Å². The highest BCUT2D eigenvalue weighted by molar-refractivity contribution is 5.93. The second kappa shape index (κ2) is 7.11. The van der Waals surface area contributed by atoms with E-state index in [4.69, 9.17) is 0 Å². The number of aromatic nitrogens is 3. The van der Waals surface area contributed by atoms with Crippen molar-refractivity contribution < 1.29 is 9.90 Å². The summed E-state index contributed by atoms with van der Waals surface area (Å²) in [6.07, 6.45) is 5.10. The summed E-state index contributed by atoms with van der Waals surface area (Å²) in [6.45, 7) is 2.77. The third-order valence-electron chi connectivity index (χ3n) is 4.41. The Kier molecular flexibility index (Phi) is 4.92. The van der Waals surface area contributed by atoms with Crippen LogP contribution in [0, 0.1) is 0 Å². The quantitative estimate of drug-likeness (QED) is 0.842. The highest BCUT2D eigenvalue weighted by atomic mass is 16.3. The van der Waals surface area contributed by atoms with E-state index in [9.17, 15) is 9.90 Å². The molecule has 128 valence electrons. The molecule has 3 rings (SSSR count). The number of benzene rings is 1. The van der Waals surface area contributed by atoms with Gasteiger partial charge in [0.15, 0.2) is 0 Å². The van der Waals surface area contributed by atoms with E-state index in [0.717, 1.165) is 31.5 Å². The van der Waals surface area contributed by atoms with Gasteiger partial charge < -0.3 is 10.4 Å². The molecule has 0 aliphatic carbocycles. The van der Waals surface area contributed by atoms with Gasteiger partial charge in [0.2, 0.25) is 0 Å². The highest BCUT2D eigenvalue weighted by Gasteiger charge is 2.33. The Hall–Kier alpha value is -2.25. The van der Waals surface area contributed by atoms with Crippen LogP contribution in [0.1, 0.15) is 28.8 Å². The summed E-state index contributed by atoms with van der Waals surface area (Å²) in [5.74, 6) is -0.0817. The molecule has 1 unspecified atom stereocenters. The Labute approximate surface area is 141 Å². The maximum absolute atomic E-state index is 11.6. The van der Waals surface area contributed by atoms with Gasteiger partial charge in [0.25, 0.3) is 5.91 Å². The first-order valence-corrected chi connectivity index (χ1v) is 8.18. The number of piperidine rings is 1. The number of nitrogens with zero attached hydrogens (tertiary/aromatic N) is 4. The van der Waals surface area contributed by atoms with E-state index >= 15 is 0 Å². The largest absolute Gasteiger partial charge is 0.387 e. The predicted octanol–water partition coefficient (Wildman–Crippen LogP) is 0.665. The monoisotopic (exact) mass is 329 g/mol. The van der Waals surface area contributed by atoms with Crippen molar-refractivity contribution in [3.05, 3.63) is 47.8 Å². The number of amides is 1. The molecule has 7 nitrogen and oxygen atoms in total. The van der Waals surface area contributed by atoms with E-state index in [1.807, 2.05) is 24.3 Å². The molecule has 1 aliphatic heterocycles. The predicted molar refractivity (Wildman–Crippen MR) is 89.3 cm³/mol. The van der Waals surface area contributed by atoms with Gasteiger partial charge in [-0.3, -0.25) is 9.69 Å². The summed E-state index contributed by atoms with van der Waals surface area (Å²) in [5, 5.41) is 21.2. The standard InChI is InChI=1S/C17H23N5O2/c1-18-16(23)15-5-3-14(4-6-15)11-21-9-2-7-17(24,12-21)13-22-10-8-19-20-22/h3-6,8,10,24H,2,7,9,11-13H2,1H3,(H,18,23). The molecule has 1 aromatic heterocycles. The maximum atomic E-state index is 11.6. The minimum atomic E-state index is -0.784. The fourth-order valence-corrected chi connectivity index (χ4v) is 3.25. The fraction of sp³-hybridized carbons (Fsp3) is 0.471. The molecule has 0 saturated carbocycles. The SMILES string of the molecule is CNC(=O)c1ccc(CN2CCCC(O)(Cn3ccnn3)C2)cc1. The number of likely N-dealkylation sites (tertiary alicyclic amines) is 1. The molecule has 1 atom stereocenters. The molecule has 2 aromatic rings. The van der Waals surface area contributed by atoms with Crippen molar-refractivity contribution >= 4 is 5.91 Å². The third kappa shape index (κ3) is 3.98. The molecule has 1 saturated heterocycles. The smallest absolute Gasteiger partial charge is 0.251 e. The van der Waals surface area contributed by atoms with Gasteiger partial charge in [-0.1, -0.05) is 17.3 Å². The molecule has 24 heavy (non-hydrogen) atoms. The number of aliphatic hydroxyl groups is 1. The average molecular weight is 329 g/mol. The van der Waals surface area contributed by atoms with Crippen LogP contribution in [0.5, 0.6) is 0 Å². The van der Waals surface area contributed by atoms with E-state index in [-0.39, 0.29) is 5.91 Å². The van der Waals surface area contributed by atoms with E-state index in [1.165, 1.54) is 0 Å². The molecule has 0 bridgehead atoms. The van der Waals surface area contributed by atoms with Crippen molar-refractivity contribution in [2.75, 3.05) is 20.1 Å². The lowest BCUT2D eigenvalue weighted by Gasteiger charge is -2.39. The molecule has 7 heteroatoms. The summed E-state index contributed by atoms with van der Waals surface area (Å²) in [5.41, 5.74) is 1.00. The summed E-state index contributed by atoms with van der Waals surface area (Å²) in [6, 6.07) is 7.60. The van der Waals surface area contributed by atoms with Crippen LogP contribution >= 0.6 is 0 Å². The Morgan fingerprint density at radius 1 is 1.38 bits per heavy atom. The van der Waals surface area contributed by atoms with Gasteiger partial charge in [0.1, 0.15) is 0 Å². The first kappa shape index (κ1) is 16.6. The lowest BCUT2D eigenvalue weighted by Crippen LogP contribution is -2.50. The van der Waals surface area contributed by atoms with Crippen molar-refractivity contribution in [3.63, 3.8) is 0 Å². The summed E-state index contributed by atoms with van der Waals surface area (Å²) >= 11 is 0. The number of carbonyl (C=O) groups is 1. The average Bonchev–Trinajstić information content (AvgIpc) is 3.07. The Morgan fingerprint density at radius 2 is 2.17 bits per heavy atom. The zero-order valence-electron chi connectivity index (χ0n) is 13.9. The van der Waals surface area contributed by atoms with E-state index in [1.54, 1.807) is 24.1 Å². The summed E-state index contributed by atoms with van der Waals surface area (Å²) in [7, 11) is 1.62. The van der Waals surface area contributed by atoms with Crippen LogP contribution in [0.25, 0.3) is 0 Å². The van der Waals surface area contributed by atoms with Crippen LogP contribution in [0.15, 0.2) is 36.7 Å². The molecular weight excluding hydrogens is 306 g/mol. The van der Waals surface area contributed by atoms with Crippen molar-refractivity contribution in [1.82, 2.24) is 25.2 Å². The first-order chi connectivity index (χ1) is 11.6. The molecule has 1 aromatic carbocycles. The van der Waals surface area contributed by atoms with Crippen LogP contribution in [0.4, 0.5) is 0 Å². The van der Waals surface area contributed by atoms with Crippen LogP contribution in [-0.4, -0.2) is 56.6 Å². The number of nitrogens with one attached hydrogen (secondary N) is 1. The Balaban J connectivity index is 1.61. The van der Waals surface area contributed by atoms with Gasteiger partial charge in [-0.2, -0.15) is 0 Å². The molecule has 0 radical (unpaired) electrons. The minimum Gasteiger partial charge on any atom is -0.387 e. The molecule has 1 fully saturated rings. The van der Waals surface area contributed by atoms with Crippen LogP contribution < -0.4 is 5.32 Å².